The van der Waals surface area contributed by atoms with Crippen LogP contribution in [0.4, 0.5) is 5.82 Å². The van der Waals surface area contributed by atoms with Crippen molar-refractivity contribution in [2.45, 2.75) is 129 Å². The van der Waals surface area contributed by atoms with Gasteiger partial charge in [0.25, 0.3) is 5.91 Å². The Morgan fingerprint density at radius 1 is 1.00 bits per heavy atom. The van der Waals surface area contributed by atoms with Crippen molar-refractivity contribution in [2.24, 2.45) is 16.2 Å². The van der Waals surface area contributed by atoms with Crippen LogP contribution in [0.3, 0.4) is 0 Å². The minimum atomic E-state index is -1.28. The second-order valence-corrected chi connectivity index (χ2v) is 23.6. The van der Waals surface area contributed by atoms with Gasteiger partial charge in [0.1, 0.15) is 42.6 Å². The minimum absolute atomic E-state index is 0.0159. The van der Waals surface area contributed by atoms with Crippen LogP contribution in [0.2, 0.25) is 5.02 Å². The number of amides is 3. The number of pyridine rings is 1. The van der Waals surface area contributed by atoms with Crippen LogP contribution in [0.1, 0.15) is 101 Å². The summed E-state index contributed by atoms with van der Waals surface area (Å²) in [5.74, 6) is 0.303. The van der Waals surface area contributed by atoms with E-state index >= 15 is 0 Å². The van der Waals surface area contributed by atoms with Gasteiger partial charge in [-0.25, -0.2) is 9.97 Å². The maximum Gasteiger partial charge on any atom is 0.253 e. The number of aromatic nitrogens is 2. The quantitative estimate of drug-likeness (QED) is 0.0539. The molecule has 1 saturated carbocycles. The van der Waals surface area contributed by atoms with Crippen LogP contribution in [0, 0.1) is 34.5 Å². The molecule has 8 rings (SSSR count). The molecule has 0 radical (unpaired) electrons. The molecule has 4 aromatic rings. The van der Waals surface area contributed by atoms with Crippen molar-refractivity contribution >= 4 is 46.5 Å². The van der Waals surface area contributed by atoms with E-state index in [1.807, 2.05) is 64.1 Å². The summed E-state index contributed by atoms with van der Waals surface area (Å²) in [4.78, 5) is 57.6. The molecule has 3 unspecified atom stereocenters. The van der Waals surface area contributed by atoms with Gasteiger partial charge in [0.15, 0.2) is 0 Å². The number of carbonyl (C=O) groups excluding carboxylic acids is 3. The van der Waals surface area contributed by atoms with Crippen molar-refractivity contribution in [2.75, 3.05) is 50.9 Å². The van der Waals surface area contributed by atoms with Crippen LogP contribution in [0.25, 0.3) is 10.4 Å². The first-order valence-corrected chi connectivity index (χ1v) is 26.4. The molecular weight excluding hydrogens is 970 g/mol. The van der Waals surface area contributed by atoms with E-state index in [1.54, 1.807) is 41.2 Å². The molecule has 2 aromatic heterocycles. The zero-order valence-corrected chi connectivity index (χ0v) is 44.5. The van der Waals surface area contributed by atoms with Crippen molar-refractivity contribution in [3.05, 3.63) is 93.7 Å². The Morgan fingerprint density at radius 3 is 2.29 bits per heavy atom. The summed E-state index contributed by atoms with van der Waals surface area (Å²) in [5.41, 5.74) is 3.80. The lowest BCUT2D eigenvalue weighted by Gasteiger charge is -2.63. The molecule has 19 heteroatoms. The standard InChI is InChI=1S/C54H70ClN9O8S/c1-31-45(73-30-58-31)33-11-9-32(10-12-33)41(28-65)59-48(69)42-21-38(66)27-64(42)49(70)46(52(2,3)4)60-44(67)29-71-20-19-63-36-15-16-37(63)26-62(25-36)43-18-14-35(24-57-43)47(68)61-50-53(5,6)51(54(50,7)8)72-39-17-13-34(23-56)40(55)22-39/h9-14,17-18,22,24,30,36-38,41-42,46,48,50-51,59,65-66,69H,15-16,19-21,25-29H2,1-8H3,(H,60,67)(H,61,68)/t36?,37?,38-,41+,42+,46-,48?,50?,51?/m1/s1. The number of anilines is 1. The fourth-order valence-corrected chi connectivity index (χ4v) is 12.8. The van der Waals surface area contributed by atoms with Crippen LogP contribution in [-0.4, -0.2) is 147 Å². The minimum Gasteiger partial charge on any atom is -0.489 e. The first-order chi connectivity index (χ1) is 34.6. The molecule has 17 nitrogen and oxygen atoms in total. The van der Waals surface area contributed by atoms with E-state index in [0.29, 0.717) is 35.1 Å². The maximum atomic E-state index is 14.3. The third-order valence-corrected chi connectivity index (χ3v) is 16.7. The fraction of sp³-hybridized carbons (Fsp3) is 0.556. The average molecular weight is 1040 g/mol. The van der Waals surface area contributed by atoms with Gasteiger partial charge in [-0.3, -0.25) is 24.6 Å². The maximum absolute atomic E-state index is 14.3. The number of aliphatic hydroxyl groups is 3. The van der Waals surface area contributed by atoms with Gasteiger partial charge >= 0.3 is 0 Å². The van der Waals surface area contributed by atoms with Crippen molar-refractivity contribution < 1.29 is 39.2 Å². The van der Waals surface area contributed by atoms with Gasteiger partial charge in [0, 0.05) is 67.4 Å². The molecule has 392 valence electrons. The van der Waals surface area contributed by atoms with Crippen LogP contribution < -0.4 is 25.6 Å². The number of rotatable bonds is 18. The number of piperazine rings is 1. The summed E-state index contributed by atoms with van der Waals surface area (Å²) >= 11 is 7.82. The van der Waals surface area contributed by atoms with Gasteiger partial charge in [-0.2, -0.15) is 5.26 Å². The third-order valence-electron chi connectivity index (χ3n) is 15.4. The molecule has 0 spiro atoms. The molecule has 1 aliphatic carbocycles. The van der Waals surface area contributed by atoms with Crippen LogP contribution >= 0.6 is 22.9 Å². The molecule has 4 fully saturated rings. The summed E-state index contributed by atoms with van der Waals surface area (Å²) < 4.78 is 12.3. The van der Waals surface area contributed by atoms with E-state index in [-0.39, 0.29) is 56.3 Å². The van der Waals surface area contributed by atoms with Crippen molar-refractivity contribution in [3.8, 4) is 22.3 Å². The van der Waals surface area contributed by atoms with E-state index in [1.165, 1.54) is 4.90 Å². The number of nitrogens with one attached hydrogen (secondary N) is 3. The number of benzene rings is 2. The summed E-state index contributed by atoms with van der Waals surface area (Å²) in [6.45, 7) is 17.7. The molecular formula is C54H70ClN9O8S. The smallest absolute Gasteiger partial charge is 0.253 e. The summed E-state index contributed by atoms with van der Waals surface area (Å²) in [6, 6.07) is 16.4. The fourth-order valence-electron chi connectivity index (χ4n) is 11.8. The number of aliphatic hydroxyl groups excluding tert-OH is 3. The molecule has 7 atom stereocenters. The highest BCUT2D eigenvalue weighted by molar-refractivity contribution is 7.13. The summed E-state index contributed by atoms with van der Waals surface area (Å²) in [6.07, 6.45) is 1.40. The van der Waals surface area contributed by atoms with Gasteiger partial charge in [0.05, 0.1) is 63.6 Å². The Hall–Kier alpha value is -5.23. The number of carbonyl (C=O) groups is 3. The normalized spacial score (nSPS) is 24.5. The number of ether oxygens (including phenoxy) is 2. The number of fused-ring (bicyclic) bond motifs is 2. The highest BCUT2D eigenvalue weighted by Gasteiger charge is 2.64. The summed E-state index contributed by atoms with van der Waals surface area (Å²) in [5, 5.41) is 51.4. The van der Waals surface area contributed by atoms with Crippen molar-refractivity contribution in [3.63, 3.8) is 0 Å². The molecule has 3 amide bonds. The number of nitrogens with zero attached hydrogens (tertiary/aromatic N) is 6. The summed E-state index contributed by atoms with van der Waals surface area (Å²) in [7, 11) is 0. The van der Waals surface area contributed by atoms with Gasteiger partial charge in [0.2, 0.25) is 11.8 Å². The van der Waals surface area contributed by atoms with Gasteiger partial charge in [-0.1, -0.05) is 84.3 Å². The Morgan fingerprint density at radius 2 is 1.70 bits per heavy atom. The van der Waals surface area contributed by atoms with E-state index in [4.69, 9.17) is 26.1 Å². The average Bonchev–Trinajstić information content (AvgIpc) is 4.04. The number of hydrogen-bond donors (Lipinski definition) is 6. The highest BCUT2D eigenvalue weighted by atomic mass is 35.5. The monoisotopic (exact) mass is 1040 g/mol. The Kier molecular flexibility index (Phi) is 16.2. The largest absolute Gasteiger partial charge is 0.489 e. The van der Waals surface area contributed by atoms with Crippen LogP contribution in [0.15, 0.2) is 66.3 Å². The lowest BCUT2D eigenvalue weighted by Crippen LogP contribution is -2.74. The molecule has 4 aliphatic rings. The lowest BCUT2D eigenvalue weighted by atomic mass is 9.49. The molecule has 3 saturated heterocycles. The predicted octanol–water partition coefficient (Wildman–Crippen LogP) is 5.45. The second-order valence-electron chi connectivity index (χ2n) is 22.3. The van der Waals surface area contributed by atoms with Gasteiger partial charge < -0.3 is 45.2 Å². The number of likely N-dealkylation sites (tertiary alicyclic amines) is 1. The van der Waals surface area contributed by atoms with E-state index < -0.39 is 58.5 Å². The number of β-amino-alcohol motifs (C(OH)–C–C–N with tert-alkyl or cyclic N) is 1. The number of thiazole rings is 1. The molecule has 5 heterocycles. The zero-order chi connectivity index (χ0) is 52.6. The van der Waals surface area contributed by atoms with E-state index in [0.717, 1.165) is 53.4 Å². The van der Waals surface area contributed by atoms with Crippen LogP contribution in [-0.2, 0) is 14.3 Å². The predicted molar refractivity (Wildman–Crippen MR) is 279 cm³/mol. The molecule has 73 heavy (non-hydrogen) atoms. The molecule has 3 aliphatic heterocycles. The highest BCUT2D eigenvalue weighted by Crippen LogP contribution is 2.55. The molecule has 2 aromatic carbocycles. The number of aryl methyl sites for hydroxylation is 1. The lowest BCUT2D eigenvalue weighted by molar-refractivity contribution is -0.164. The number of hydrogen-bond acceptors (Lipinski definition) is 15. The van der Waals surface area contributed by atoms with Crippen molar-refractivity contribution in [1.29, 1.82) is 5.26 Å². The molecule has 2 bridgehead atoms. The van der Waals surface area contributed by atoms with Crippen LogP contribution in [0.5, 0.6) is 5.75 Å². The Balaban J connectivity index is 0.791. The zero-order valence-electron chi connectivity index (χ0n) is 43.0. The van der Waals surface area contributed by atoms with E-state index in [9.17, 15) is 35.0 Å². The van der Waals surface area contributed by atoms with Gasteiger partial charge in [-0.15, -0.1) is 11.3 Å². The second kappa shape index (κ2) is 21.9. The SMILES string of the molecule is Cc1ncsc1-c1ccc([C@H](CO)NC(O)[C@@H]2C[C@@H](O)CN2C(=O)[C@@H](NC(=O)COCCN2C3CCC2CN(c2ccc(C(=O)NC4C(C)(C)C(Oc5ccc(C#N)c(Cl)c5)C4(C)C)cn2)C3)C(C)(C)C)cc1. The number of halogens is 1. The van der Waals surface area contributed by atoms with E-state index in [2.05, 4.69) is 64.5 Å². The Bertz CT molecular complexity index is 2620. The van der Waals surface area contributed by atoms with Crippen molar-refractivity contribution in [1.82, 2.24) is 35.7 Å². The first kappa shape index (κ1) is 54.0. The molecule has 6 N–H and O–H groups in total. The third kappa shape index (κ3) is 11.5. The van der Waals surface area contributed by atoms with Gasteiger partial charge in [-0.05, 0) is 67.0 Å². The Labute approximate surface area is 437 Å². The number of nitriles is 1. The first-order valence-electron chi connectivity index (χ1n) is 25.2. The topological polar surface area (TPSA) is 226 Å².